The molecule has 7 nitrogen and oxygen atoms in total. The van der Waals surface area contributed by atoms with E-state index in [0.29, 0.717) is 37.0 Å². The van der Waals surface area contributed by atoms with Crippen LogP contribution in [0.4, 0.5) is 0 Å². The Morgan fingerprint density at radius 1 is 1.30 bits per heavy atom. The fourth-order valence-electron chi connectivity index (χ4n) is 2.73. The minimum atomic E-state index is -0.432. The van der Waals surface area contributed by atoms with Crippen molar-refractivity contribution in [2.75, 3.05) is 58.6 Å². The first-order valence-corrected chi connectivity index (χ1v) is 10.3. The third-order valence-corrected chi connectivity index (χ3v) is 5.34. The van der Waals surface area contributed by atoms with Crippen LogP contribution in [-0.4, -0.2) is 86.3 Å². The highest BCUT2D eigenvalue weighted by atomic mass is 32.2. The van der Waals surface area contributed by atoms with Gasteiger partial charge < -0.3 is 24.6 Å². The molecule has 0 radical (unpaired) electrons. The number of thioether (sulfide) groups is 1. The van der Waals surface area contributed by atoms with Gasteiger partial charge in [-0.15, -0.1) is 11.8 Å². The van der Waals surface area contributed by atoms with Crippen LogP contribution in [0, 0.1) is 0 Å². The van der Waals surface area contributed by atoms with Crippen LogP contribution < -0.4 is 10.1 Å². The Balaban J connectivity index is 1.87. The first kappa shape index (κ1) is 21.5. The van der Waals surface area contributed by atoms with Gasteiger partial charge in [0, 0.05) is 38.1 Å². The van der Waals surface area contributed by atoms with Crippen molar-refractivity contribution in [3.05, 3.63) is 29.8 Å². The van der Waals surface area contributed by atoms with E-state index in [1.54, 1.807) is 48.0 Å². The van der Waals surface area contributed by atoms with Crippen molar-refractivity contribution in [3.8, 4) is 5.75 Å². The van der Waals surface area contributed by atoms with Gasteiger partial charge in [0.25, 0.3) is 5.91 Å². The quantitative estimate of drug-likeness (QED) is 0.644. The standard InChI is InChI=1S/C19H29N3O4S/c1-4-26-16-7-5-15(6-8-16)19(24)22-14-27-13-17(22)18(23)20-9-10-21(2)11-12-25-3/h5-8,17H,4,9-14H2,1-3H3,(H,20,23)/t17-/m0/s1. The molecule has 8 heteroatoms. The highest BCUT2D eigenvalue weighted by Gasteiger charge is 2.34. The number of hydrogen-bond acceptors (Lipinski definition) is 6. The van der Waals surface area contributed by atoms with E-state index in [0.717, 1.165) is 18.8 Å². The number of amides is 2. The molecule has 150 valence electrons. The number of hydrogen-bond donors (Lipinski definition) is 1. The van der Waals surface area contributed by atoms with E-state index in [2.05, 4.69) is 10.2 Å². The Morgan fingerprint density at radius 3 is 2.70 bits per heavy atom. The number of nitrogens with one attached hydrogen (secondary N) is 1. The minimum Gasteiger partial charge on any atom is -0.494 e. The number of carbonyl (C=O) groups is 2. The van der Waals surface area contributed by atoms with Gasteiger partial charge in [-0.1, -0.05) is 0 Å². The number of likely N-dealkylation sites (N-methyl/N-ethyl adjacent to an activating group) is 1. The fraction of sp³-hybridized carbons (Fsp3) is 0.579. The Bertz CT molecular complexity index is 611. The molecule has 27 heavy (non-hydrogen) atoms. The van der Waals surface area contributed by atoms with Gasteiger partial charge in [0.05, 0.1) is 19.1 Å². The van der Waals surface area contributed by atoms with Gasteiger partial charge in [-0.25, -0.2) is 0 Å². The summed E-state index contributed by atoms with van der Waals surface area (Å²) in [5.74, 6) is 1.66. The fourth-order valence-corrected chi connectivity index (χ4v) is 3.89. The average molecular weight is 396 g/mol. The van der Waals surface area contributed by atoms with E-state index in [1.165, 1.54) is 0 Å². The molecule has 0 spiro atoms. The van der Waals surface area contributed by atoms with Crippen LogP contribution in [0.25, 0.3) is 0 Å². The van der Waals surface area contributed by atoms with E-state index in [9.17, 15) is 9.59 Å². The van der Waals surface area contributed by atoms with Gasteiger partial charge in [0.1, 0.15) is 11.8 Å². The predicted octanol–water partition coefficient (Wildman–Crippen LogP) is 1.29. The third-order valence-electron chi connectivity index (χ3n) is 4.33. The highest BCUT2D eigenvalue weighted by Crippen LogP contribution is 2.24. The summed E-state index contributed by atoms with van der Waals surface area (Å²) in [5.41, 5.74) is 0.568. The molecule has 0 bridgehead atoms. The van der Waals surface area contributed by atoms with E-state index in [1.807, 2.05) is 14.0 Å². The molecule has 1 saturated heterocycles. The third kappa shape index (κ3) is 6.41. The molecule has 1 heterocycles. The van der Waals surface area contributed by atoms with Crippen LogP contribution in [-0.2, 0) is 9.53 Å². The maximum absolute atomic E-state index is 12.8. The van der Waals surface area contributed by atoms with Gasteiger partial charge in [-0.2, -0.15) is 0 Å². The summed E-state index contributed by atoms with van der Waals surface area (Å²) in [5, 5.41) is 2.95. The van der Waals surface area contributed by atoms with Gasteiger partial charge in [0.2, 0.25) is 5.91 Å². The Hall–Kier alpha value is -1.77. The summed E-state index contributed by atoms with van der Waals surface area (Å²) >= 11 is 1.60. The first-order valence-electron chi connectivity index (χ1n) is 9.13. The summed E-state index contributed by atoms with van der Waals surface area (Å²) < 4.78 is 10.4. The lowest BCUT2D eigenvalue weighted by molar-refractivity contribution is -0.124. The molecule has 1 atom stereocenters. The maximum Gasteiger partial charge on any atom is 0.255 e. The van der Waals surface area contributed by atoms with Crippen molar-refractivity contribution in [2.24, 2.45) is 0 Å². The number of ether oxygens (including phenoxy) is 2. The zero-order chi connectivity index (χ0) is 19.6. The number of carbonyl (C=O) groups excluding carboxylic acids is 2. The summed E-state index contributed by atoms with van der Waals surface area (Å²) in [7, 11) is 3.65. The largest absolute Gasteiger partial charge is 0.494 e. The summed E-state index contributed by atoms with van der Waals surface area (Å²) in [6, 6.07) is 6.63. The minimum absolute atomic E-state index is 0.0978. The van der Waals surface area contributed by atoms with Gasteiger partial charge >= 0.3 is 0 Å². The van der Waals surface area contributed by atoms with Crippen LogP contribution >= 0.6 is 11.8 Å². The molecule has 0 aromatic heterocycles. The van der Waals surface area contributed by atoms with Crippen molar-refractivity contribution in [1.29, 1.82) is 0 Å². The average Bonchev–Trinajstić information content (AvgIpc) is 3.16. The van der Waals surface area contributed by atoms with Crippen molar-refractivity contribution < 1.29 is 19.1 Å². The molecular formula is C19H29N3O4S. The highest BCUT2D eigenvalue weighted by molar-refractivity contribution is 7.99. The molecule has 1 aliphatic rings. The SMILES string of the molecule is CCOc1ccc(C(=O)N2CSC[C@H]2C(=O)NCCN(C)CCOC)cc1. The first-order chi connectivity index (χ1) is 13.1. The van der Waals surface area contributed by atoms with Crippen LogP contribution in [0.1, 0.15) is 17.3 Å². The molecule has 2 rings (SSSR count). The second-order valence-electron chi connectivity index (χ2n) is 6.34. The lowest BCUT2D eigenvalue weighted by Crippen LogP contribution is -2.48. The maximum atomic E-state index is 12.8. The van der Waals surface area contributed by atoms with Crippen LogP contribution in [0.3, 0.4) is 0 Å². The van der Waals surface area contributed by atoms with Crippen molar-refractivity contribution in [3.63, 3.8) is 0 Å². The van der Waals surface area contributed by atoms with Gasteiger partial charge in [-0.05, 0) is 38.2 Å². The molecule has 0 saturated carbocycles. The molecule has 1 fully saturated rings. The smallest absolute Gasteiger partial charge is 0.255 e. The van der Waals surface area contributed by atoms with Gasteiger partial charge in [-0.3, -0.25) is 9.59 Å². The molecule has 1 aromatic carbocycles. The molecule has 1 aromatic rings. The monoisotopic (exact) mass is 395 g/mol. The summed E-state index contributed by atoms with van der Waals surface area (Å²) in [6.07, 6.45) is 0. The number of methoxy groups -OCH3 is 1. The Kier molecular flexibility index (Phi) is 8.90. The second kappa shape index (κ2) is 11.2. The zero-order valence-electron chi connectivity index (χ0n) is 16.3. The van der Waals surface area contributed by atoms with E-state index >= 15 is 0 Å². The lowest BCUT2D eigenvalue weighted by atomic mass is 10.1. The predicted molar refractivity (Wildman–Crippen MR) is 107 cm³/mol. The zero-order valence-corrected chi connectivity index (χ0v) is 17.1. The van der Waals surface area contributed by atoms with E-state index < -0.39 is 6.04 Å². The van der Waals surface area contributed by atoms with Crippen LogP contribution in [0.2, 0.25) is 0 Å². The Labute approximate surface area is 165 Å². The lowest BCUT2D eigenvalue weighted by Gasteiger charge is -2.24. The second-order valence-corrected chi connectivity index (χ2v) is 7.33. The van der Waals surface area contributed by atoms with Crippen molar-refractivity contribution in [1.82, 2.24) is 15.1 Å². The summed E-state index contributed by atoms with van der Waals surface area (Å²) in [6.45, 7) is 5.26. The van der Waals surface area contributed by atoms with Crippen molar-refractivity contribution in [2.45, 2.75) is 13.0 Å². The van der Waals surface area contributed by atoms with Crippen molar-refractivity contribution >= 4 is 23.6 Å². The molecule has 1 N–H and O–H groups in total. The van der Waals surface area contributed by atoms with Crippen LogP contribution in [0.15, 0.2) is 24.3 Å². The molecule has 0 aliphatic carbocycles. The molecule has 0 unspecified atom stereocenters. The summed E-state index contributed by atoms with van der Waals surface area (Å²) in [4.78, 5) is 29.1. The van der Waals surface area contributed by atoms with E-state index in [4.69, 9.17) is 9.47 Å². The molecule has 2 amide bonds. The number of nitrogens with zero attached hydrogens (tertiary/aromatic N) is 2. The number of benzene rings is 1. The van der Waals surface area contributed by atoms with Crippen LogP contribution in [0.5, 0.6) is 5.75 Å². The Morgan fingerprint density at radius 2 is 2.04 bits per heavy atom. The number of rotatable bonds is 10. The topological polar surface area (TPSA) is 71.1 Å². The van der Waals surface area contributed by atoms with E-state index in [-0.39, 0.29) is 11.8 Å². The molecule has 1 aliphatic heterocycles. The molecular weight excluding hydrogens is 366 g/mol. The normalized spacial score (nSPS) is 16.6. The van der Waals surface area contributed by atoms with Gasteiger partial charge in [0.15, 0.2) is 0 Å².